The van der Waals surface area contributed by atoms with Gasteiger partial charge in [0.15, 0.2) is 0 Å². The molecule has 0 atom stereocenters. The van der Waals surface area contributed by atoms with Gasteiger partial charge in [-0.1, -0.05) is 13.8 Å². The molecule has 5 heteroatoms. The highest BCUT2D eigenvalue weighted by Gasteiger charge is 2.09. The van der Waals surface area contributed by atoms with Crippen molar-refractivity contribution >= 4 is 38.8 Å². The van der Waals surface area contributed by atoms with E-state index in [0.29, 0.717) is 0 Å². The summed E-state index contributed by atoms with van der Waals surface area (Å²) in [5, 5.41) is -2.46. The zero-order chi connectivity index (χ0) is 8.20. The van der Waals surface area contributed by atoms with Gasteiger partial charge in [0.25, 0.3) is 0 Å². The summed E-state index contributed by atoms with van der Waals surface area (Å²) in [6, 6.07) is 0.223. The van der Waals surface area contributed by atoms with Gasteiger partial charge in [-0.3, -0.25) is 4.74 Å². The van der Waals surface area contributed by atoms with Gasteiger partial charge in [-0.25, -0.2) is 0 Å². The summed E-state index contributed by atoms with van der Waals surface area (Å²) in [6.45, 7) is 4.08. The third-order valence-electron chi connectivity index (χ3n) is 1.24. The average Bonchev–Trinajstić information content (AvgIpc) is 1.81. The molecular formula is C5H11Cl3NP. The Morgan fingerprint density at radius 2 is 1.60 bits per heavy atom. The van der Waals surface area contributed by atoms with Crippen LogP contribution in [0.3, 0.4) is 0 Å². The number of rotatable bonds is 3. The van der Waals surface area contributed by atoms with E-state index in [4.69, 9.17) is 33.7 Å². The highest BCUT2D eigenvalue weighted by molar-refractivity contribution is 8.26. The Hall–Kier alpha value is 1.10. The van der Waals surface area contributed by atoms with E-state index in [1.165, 1.54) is 0 Å². The normalized spacial score (nSPS) is 12.2. The first-order valence-corrected chi connectivity index (χ1v) is 7.65. The summed E-state index contributed by atoms with van der Waals surface area (Å²) in [6.07, 6.45) is 1.90. The molecule has 0 saturated heterocycles. The van der Waals surface area contributed by atoms with Crippen molar-refractivity contribution in [2.45, 2.75) is 32.7 Å². The fourth-order valence-corrected chi connectivity index (χ4v) is 2.45. The predicted molar refractivity (Wildman–Crippen MR) is 51.3 cm³/mol. The van der Waals surface area contributed by atoms with Crippen LogP contribution in [0.5, 0.6) is 0 Å². The maximum absolute atomic E-state index is 5.56. The maximum atomic E-state index is 5.56. The van der Waals surface area contributed by atoms with Gasteiger partial charge >= 0.3 is 0 Å². The highest BCUT2D eigenvalue weighted by Crippen LogP contribution is 2.65. The summed E-state index contributed by atoms with van der Waals surface area (Å²) in [7, 11) is 0. The minimum Gasteiger partial charge on any atom is -0.258 e. The van der Waals surface area contributed by atoms with Crippen LogP contribution in [0, 0.1) is 0 Å². The summed E-state index contributed by atoms with van der Waals surface area (Å²) < 4.78 is 4.05. The standard InChI is InChI=1S/C5H11Cl3NP/c1-3-5(4-2)9-10(6,7)8/h5H,3-4H2,1-2H3. The Morgan fingerprint density at radius 1 is 1.20 bits per heavy atom. The van der Waals surface area contributed by atoms with Crippen LogP contribution in [0.15, 0.2) is 4.74 Å². The number of hydrogen-bond acceptors (Lipinski definition) is 1. The molecule has 0 amide bonds. The topological polar surface area (TPSA) is 12.4 Å². The van der Waals surface area contributed by atoms with E-state index in [9.17, 15) is 0 Å². The second kappa shape index (κ2) is 4.87. The number of nitrogens with zero attached hydrogens (tertiary/aromatic N) is 1. The SMILES string of the molecule is CCC(CC)N=P(Cl)(Cl)Cl. The van der Waals surface area contributed by atoms with Crippen LogP contribution in [0.1, 0.15) is 26.7 Å². The molecule has 0 saturated carbocycles. The lowest BCUT2D eigenvalue weighted by Gasteiger charge is -2.07. The lowest BCUT2D eigenvalue weighted by molar-refractivity contribution is 0.639. The molecule has 0 aliphatic carbocycles. The Kier molecular flexibility index (Phi) is 5.41. The van der Waals surface area contributed by atoms with Gasteiger partial charge in [0.1, 0.15) is 0 Å². The van der Waals surface area contributed by atoms with E-state index < -0.39 is 5.11 Å². The monoisotopic (exact) mass is 221 g/mol. The van der Waals surface area contributed by atoms with Crippen LogP contribution in [0.2, 0.25) is 0 Å². The smallest absolute Gasteiger partial charge is 0.224 e. The second-order valence-corrected chi connectivity index (χ2v) is 9.03. The zero-order valence-electron chi connectivity index (χ0n) is 6.02. The third kappa shape index (κ3) is 5.85. The molecule has 0 fully saturated rings. The molecule has 0 N–H and O–H groups in total. The van der Waals surface area contributed by atoms with Gasteiger partial charge in [-0.15, -0.1) is 0 Å². The third-order valence-corrected chi connectivity index (χ3v) is 2.61. The van der Waals surface area contributed by atoms with Gasteiger partial charge in [0, 0.05) is 0 Å². The van der Waals surface area contributed by atoms with Crippen LogP contribution in [0.4, 0.5) is 0 Å². The molecule has 0 heterocycles. The minimum absolute atomic E-state index is 0.223. The predicted octanol–water partition coefficient (Wildman–Crippen LogP) is 4.84. The van der Waals surface area contributed by atoms with Crippen molar-refractivity contribution in [3.63, 3.8) is 0 Å². The Bertz CT molecular complexity index is 130. The van der Waals surface area contributed by atoms with Crippen LogP contribution in [-0.4, -0.2) is 6.04 Å². The van der Waals surface area contributed by atoms with Gasteiger partial charge in [-0.2, -0.15) is 0 Å². The molecule has 62 valence electrons. The second-order valence-electron chi connectivity index (χ2n) is 2.00. The molecule has 0 aliphatic rings. The Labute approximate surface area is 76.5 Å². The van der Waals surface area contributed by atoms with Crippen molar-refractivity contribution in [3.05, 3.63) is 0 Å². The first kappa shape index (κ1) is 11.1. The number of halogens is 3. The fourth-order valence-electron chi connectivity index (χ4n) is 0.637. The molecule has 10 heavy (non-hydrogen) atoms. The Balaban J connectivity index is 4.08. The van der Waals surface area contributed by atoms with Crippen LogP contribution in [-0.2, 0) is 0 Å². The van der Waals surface area contributed by atoms with Crippen molar-refractivity contribution in [2.75, 3.05) is 0 Å². The molecule has 0 radical (unpaired) electrons. The fraction of sp³-hybridized carbons (Fsp3) is 1.00. The molecule has 0 aromatic rings. The molecule has 0 aromatic heterocycles. The van der Waals surface area contributed by atoms with E-state index in [0.717, 1.165) is 12.8 Å². The van der Waals surface area contributed by atoms with E-state index in [2.05, 4.69) is 4.74 Å². The molecule has 0 unspecified atom stereocenters. The van der Waals surface area contributed by atoms with E-state index >= 15 is 0 Å². The largest absolute Gasteiger partial charge is 0.258 e. The van der Waals surface area contributed by atoms with Crippen molar-refractivity contribution in [3.8, 4) is 0 Å². The highest BCUT2D eigenvalue weighted by atomic mass is 36.0. The first-order valence-electron chi connectivity index (χ1n) is 3.20. The first-order chi connectivity index (χ1) is 4.49. The molecular weight excluding hydrogens is 211 g/mol. The van der Waals surface area contributed by atoms with Crippen LogP contribution in [0.25, 0.3) is 0 Å². The van der Waals surface area contributed by atoms with Crippen molar-refractivity contribution in [1.82, 2.24) is 0 Å². The molecule has 0 aromatic carbocycles. The molecule has 0 spiro atoms. The van der Waals surface area contributed by atoms with Gasteiger partial charge in [0.2, 0.25) is 5.11 Å². The quantitative estimate of drug-likeness (QED) is 0.606. The van der Waals surface area contributed by atoms with Crippen LogP contribution < -0.4 is 0 Å². The van der Waals surface area contributed by atoms with Gasteiger partial charge < -0.3 is 0 Å². The Morgan fingerprint density at radius 3 is 1.70 bits per heavy atom. The van der Waals surface area contributed by atoms with Crippen molar-refractivity contribution in [2.24, 2.45) is 4.74 Å². The molecule has 0 bridgehead atoms. The van der Waals surface area contributed by atoms with E-state index in [1.807, 2.05) is 13.8 Å². The van der Waals surface area contributed by atoms with Gasteiger partial charge in [-0.05, 0) is 46.6 Å². The average molecular weight is 222 g/mol. The van der Waals surface area contributed by atoms with Gasteiger partial charge in [0.05, 0.1) is 6.04 Å². The van der Waals surface area contributed by atoms with Crippen molar-refractivity contribution < 1.29 is 0 Å². The molecule has 0 rings (SSSR count). The molecule has 0 aliphatic heterocycles. The minimum atomic E-state index is -2.46. The summed E-state index contributed by atoms with van der Waals surface area (Å²) in [4.78, 5) is 0. The van der Waals surface area contributed by atoms with Crippen LogP contribution >= 0.6 is 38.8 Å². The summed E-state index contributed by atoms with van der Waals surface area (Å²) in [5.74, 6) is 0. The van der Waals surface area contributed by atoms with Crippen molar-refractivity contribution in [1.29, 1.82) is 0 Å². The van der Waals surface area contributed by atoms with E-state index in [1.54, 1.807) is 0 Å². The van der Waals surface area contributed by atoms with E-state index in [-0.39, 0.29) is 6.04 Å². The lowest BCUT2D eigenvalue weighted by Crippen LogP contribution is -1.97. The maximum Gasteiger partial charge on any atom is 0.224 e. The zero-order valence-corrected chi connectivity index (χ0v) is 9.18. The lowest BCUT2D eigenvalue weighted by atomic mass is 10.2. The summed E-state index contributed by atoms with van der Waals surface area (Å²) in [5.41, 5.74) is 0. The molecule has 1 nitrogen and oxygen atoms in total. The number of hydrogen-bond donors (Lipinski definition) is 0. The summed E-state index contributed by atoms with van der Waals surface area (Å²) >= 11 is 16.7.